The number of carboxylic acids is 1. The molecule has 3 N–H and O–H groups in total. The number of para-hydroxylation sites is 1. The number of aryl methyl sites for hydroxylation is 1. The van der Waals surface area contributed by atoms with Crippen LogP contribution in [0.4, 0.5) is 4.39 Å². The molecule has 1 heterocycles. The van der Waals surface area contributed by atoms with Gasteiger partial charge >= 0.3 is 5.97 Å². The van der Waals surface area contributed by atoms with Crippen LogP contribution in [-0.4, -0.2) is 51.7 Å². The van der Waals surface area contributed by atoms with Gasteiger partial charge < -0.3 is 25.0 Å². The monoisotopic (exact) mass is 527 g/mol. The Hall–Kier alpha value is -3.92. The van der Waals surface area contributed by atoms with Gasteiger partial charge in [-0.15, -0.1) is 0 Å². The van der Waals surface area contributed by atoms with Crippen molar-refractivity contribution in [3.05, 3.63) is 71.2 Å². The molecular weight excluding hydrogens is 493 g/mol. The number of nitrogens with one attached hydrogen (secondary N) is 1. The summed E-state index contributed by atoms with van der Waals surface area (Å²) in [5, 5.41) is 27.0. The van der Waals surface area contributed by atoms with Crippen LogP contribution in [0.3, 0.4) is 0 Å². The highest BCUT2D eigenvalue weighted by molar-refractivity contribution is 5.93. The molecular formula is C28H34FN3O6. The maximum atomic E-state index is 14.6. The molecule has 0 saturated carbocycles. The van der Waals surface area contributed by atoms with Gasteiger partial charge in [0.25, 0.3) is 5.91 Å². The highest BCUT2D eigenvalue weighted by atomic mass is 19.1. The van der Waals surface area contributed by atoms with Crippen LogP contribution in [0.15, 0.2) is 48.5 Å². The van der Waals surface area contributed by atoms with E-state index in [1.165, 1.54) is 31.4 Å². The lowest BCUT2D eigenvalue weighted by Gasteiger charge is -2.25. The number of methoxy groups -OCH3 is 1. The van der Waals surface area contributed by atoms with E-state index < -0.39 is 35.3 Å². The highest BCUT2D eigenvalue weighted by Crippen LogP contribution is 2.28. The van der Waals surface area contributed by atoms with Crippen molar-refractivity contribution in [2.24, 2.45) is 5.41 Å². The number of ether oxygens (including phenoxy) is 2. The average molecular weight is 528 g/mol. The Morgan fingerprint density at radius 3 is 2.47 bits per heavy atom. The number of rotatable bonds is 11. The molecule has 204 valence electrons. The fourth-order valence-corrected chi connectivity index (χ4v) is 3.79. The quantitative estimate of drug-likeness (QED) is 0.340. The first kappa shape index (κ1) is 28.6. The predicted octanol–water partition coefficient (Wildman–Crippen LogP) is 4.31. The van der Waals surface area contributed by atoms with E-state index in [2.05, 4.69) is 10.4 Å². The first-order valence-corrected chi connectivity index (χ1v) is 12.3. The molecule has 0 aliphatic rings. The van der Waals surface area contributed by atoms with Gasteiger partial charge in [-0.05, 0) is 47.2 Å². The summed E-state index contributed by atoms with van der Waals surface area (Å²) in [6, 6.07) is 11.6. The number of benzene rings is 2. The Bertz CT molecular complexity index is 1280. The molecule has 1 aromatic heterocycles. The third-order valence-corrected chi connectivity index (χ3v) is 6.17. The van der Waals surface area contributed by atoms with Crippen molar-refractivity contribution in [1.82, 2.24) is 15.1 Å². The number of carbonyl (C=O) groups is 2. The molecule has 2 unspecified atom stereocenters. The first-order valence-electron chi connectivity index (χ1n) is 12.3. The predicted molar refractivity (Wildman–Crippen MR) is 139 cm³/mol. The van der Waals surface area contributed by atoms with Crippen LogP contribution in [0.1, 0.15) is 61.8 Å². The van der Waals surface area contributed by atoms with Gasteiger partial charge in [0, 0.05) is 6.07 Å². The second-order valence-electron chi connectivity index (χ2n) is 9.97. The van der Waals surface area contributed by atoms with Gasteiger partial charge in [-0.25, -0.2) is 4.39 Å². The summed E-state index contributed by atoms with van der Waals surface area (Å²) >= 11 is 0. The van der Waals surface area contributed by atoms with E-state index in [4.69, 9.17) is 9.47 Å². The lowest BCUT2D eigenvalue weighted by molar-refractivity contribution is -0.137. The zero-order chi connectivity index (χ0) is 28.0. The fourth-order valence-electron chi connectivity index (χ4n) is 3.79. The number of aliphatic hydroxyl groups excluding tert-OH is 1. The number of aliphatic carboxylic acids is 1. The van der Waals surface area contributed by atoms with Gasteiger partial charge in [0.2, 0.25) is 5.88 Å². The minimum absolute atomic E-state index is 0.0528. The molecule has 2 aromatic carbocycles. The number of amides is 1. The number of carbonyl (C=O) groups excluding carboxylic acids is 1. The minimum Gasteiger partial charge on any atom is -0.497 e. The van der Waals surface area contributed by atoms with Gasteiger partial charge in [-0.1, -0.05) is 45.9 Å². The van der Waals surface area contributed by atoms with E-state index in [1.807, 2.05) is 27.7 Å². The molecule has 0 fully saturated rings. The molecule has 0 aliphatic carbocycles. The van der Waals surface area contributed by atoms with Crippen molar-refractivity contribution in [3.8, 4) is 17.3 Å². The molecule has 3 rings (SSSR count). The summed E-state index contributed by atoms with van der Waals surface area (Å²) in [7, 11) is 1.54. The molecule has 9 nitrogen and oxygen atoms in total. The van der Waals surface area contributed by atoms with Crippen LogP contribution in [-0.2, 0) is 11.2 Å². The van der Waals surface area contributed by atoms with Gasteiger partial charge in [0.05, 0.1) is 25.7 Å². The number of aliphatic hydroxyl groups is 1. The Kier molecular flexibility index (Phi) is 9.11. The summed E-state index contributed by atoms with van der Waals surface area (Å²) < 4.78 is 26.8. The molecule has 0 aliphatic heterocycles. The Labute approximate surface area is 221 Å². The van der Waals surface area contributed by atoms with Crippen LogP contribution < -0.4 is 14.8 Å². The van der Waals surface area contributed by atoms with E-state index in [-0.39, 0.29) is 30.3 Å². The topological polar surface area (TPSA) is 123 Å². The molecule has 1 amide bonds. The summed E-state index contributed by atoms with van der Waals surface area (Å²) in [4.78, 5) is 25.0. The average Bonchev–Trinajstić information content (AvgIpc) is 3.30. The summed E-state index contributed by atoms with van der Waals surface area (Å²) in [6.07, 6.45) is -0.611. The van der Waals surface area contributed by atoms with Crippen molar-refractivity contribution in [3.63, 3.8) is 0 Å². The van der Waals surface area contributed by atoms with Crippen LogP contribution in [0.2, 0.25) is 0 Å². The van der Waals surface area contributed by atoms with Crippen LogP contribution in [0, 0.1) is 11.2 Å². The largest absolute Gasteiger partial charge is 0.497 e. The molecule has 0 radical (unpaired) electrons. The molecule has 10 heteroatoms. The van der Waals surface area contributed by atoms with Gasteiger partial charge in [-0.3, -0.25) is 9.59 Å². The number of halogens is 1. The number of aromatic nitrogens is 2. The van der Waals surface area contributed by atoms with Crippen molar-refractivity contribution < 1.29 is 33.7 Å². The smallest absolute Gasteiger partial charge is 0.305 e. The summed E-state index contributed by atoms with van der Waals surface area (Å²) in [5.41, 5.74) is 0.950. The molecule has 0 bridgehead atoms. The summed E-state index contributed by atoms with van der Waals surface area (Å²) in [5.74, 6) is -1.67. The Morgan fingerprint density at radius 2 is 1.87 bits per heavy atom. The van der Waals surface area contributed by atoms with Crippen molar-refractivity contribution in [2.45, 2.75) is 52.7 Å². The number of carboxylic acid groups (broad SMARTS) is 1. The van der Waals surface area contributed by atoms with Crippen molar-refractivity contribution >= 4 is 11.9 Å². The number of hydrogen-bond donors (Lipinski definition) is 3. The van der Waals surface area contributed by atoms with Crippen LogP contribution in [0.25, 0.3) is 5.69 Å². The van der Waals surface area contributed by atoms with Crippen LogP contribution >= 0.6 is 0 Å². The lowest BCUT2D eigenvalue weighted by Crippen LogP contribution is -2.32. The standard InChI is InChI=1S/C28H34FN3O6/c1-6-17-13-18(37-5)11-12-19(17)21(15-26(34)35)30-27(36)22-14-25(38-16-24(33)28(2,3)4)32(31-22)23-10-8-7-9-20(23)29/h7-14,21,24,33H,6,15-16H2,1-5H3,(H,30,36)(H,34,35). The third kappa shape index (κ3) is 6.89. The van der Waals surface area contributed by atoms with E-state index in [9.17, 15) is 24.2 Å². The Balaban J connectivity index is 1.97. The highest BCUT2D eigenvalue weighted by Gasteiger charge is 2.27. The second-order valence-corrected chi connectivity index (χ2v) is 9.97. The van der Waals surface area contributed by atoms with E-state index in [0.29, 0.717) is 17.7 Å². The van der Waals surface area contributed by atoms with E-state index in [1.54, 1.807) is 24.3 Å². The number of hydrogen-bond acceptors (Lipinski definition) is 6. The minimum atomic E-state index is -1.09. The van der Waals surface area contributed by atoms with Crippen molar-refractivity contribution in [2.75, 3.05) is 13.7 Å². The molecule has 0 saturated heterocycles. The summed E-state index contributed by atoms with van der Waals surface area (Å²) in [6.45, 7) is 7.35. The molecule has 38 heavy (non-hydrogen) atoms. The van der Waals surface area contributed by atoms with Gasteiger partial charge in [0.15, 0.2) is 5.69 Å². The second kappa shape index (κ2) is 12.1. The molecule has 0 spiro atoms. The van der Waals surface area contributed by atoms with Gasteiger partial charge in [-0.2, -0.15) is 9.78 Å². The first-order chi connectivity index (χ1) is 17.9. The van der Waals surface area contributed by atoms with Gasteiger partial charge in [0.1, 0.15) is 23.9 Å². The zero-order valence-corrected chi connectivity index (χ0v) is 22.2. The van der Waals surface area contributed by atoms with E-state index in [0.717, 1.165) is 10.2 Å². The van der Waals surface area contributed by atoms with Crippen LogP contribution in [0.5, 0.6) is 11.6 Å². The lowest BCUT2D eigenvalue weighted by atomic mass is 9.90. The fraction of sp³-hybridized carbons (Fsp3) is 0.393. The molecule has 2 atom stereocenters. The maximum Gasteiger partial charge on any atom is 0.305 e. The Morgan fingerprint density at radius 1 is 1.16 bits per heavy atom. The third-order valence-electron chi connectivity index (χ3n) is 6.17. The molecule has 3 aromatic rings. The number of nitrogens with zero attached hydrogens (tertiary/aromatic N) is 2. The SMILES string of the molecule is CCc1cc(OC)ccc1C(CC(=O)O)NC(=O)c1cc(OCC(O)C(C)(C)C)n(-c2ccccc2F)n1. The normalized spacial score (nSPS) is 13.0. The zero-order valence-electron chi connectivity index (χ0n) is 22.2. The van der Waals surface area contributed by atoms with Crippen molar-refractivity contribution in [1.29, 1.82) is 0 Å². The maximum absolute atomic E-state index is 14.6. The van der Waals surface area contributed by atoms with E-state index >= 15 is 0 Å².